The van der Waals surface area contributed by atoms with Crippen LogP contribution >= 0.6 is 0 Å². The minimum atomic E-state index is -0.571. The monoisotopic (exact) mass is 396 g/mol. The molecule has 1 fully saturated rings. The third kappa shape index (κ3) is 5.13. The summed E-state index contributed by atoms with van der Waals surface area (Å²) in [6.45, 7) is 1.81. The number of anilines is 1. The standard InChI is InChI=1S/C22H24N2O5/c1-15(16-7-4-3-5-8-16)24-13-17(11-21(24)26)22(27)29-14-20(25)23-18-9-6-10-19(12-18)28-2/h3-10,12,15,17H,11,13-14H2,1-2H3,(H,23,25)/t15-,17+/m0/s1. The van der Waals surface area contributed by atoms with E-state index < -0.39 is 24.4 Å². The largest absolute Gasteiger partial charge is 0.497 e. The zero-order valence-corrected chi connectivity index (χ0v) is 16.5. The normalized spacial score (nSPS) is 17.0. The van der Waals surface area contributed by atoms with Crippen LogP contribution in [0.2, 0.25) is 0 Å². The van der Waals surface area contributed by atoms with Crippen LogP contribution in [0.4, 0.5) is 5.69 Å². The molecule has 0 aromatic heterocycles. The highest BCUT2D eigenvalue weighted by molar-refractivity contribution is 5.93. The molecule has 0 spiro atoms. The number of hydrogen-bond acceptors (Lipinski definition) is 5. The molecule has 0 aliphatic carbocycles. The lowest BCUT2D eigenvalue weighted by Gasteiger charge is -2.25. The Bertz CT molecular complexity index is 884. The van der Waals surface area contributed by atoms with Crippen molar-refractivity contribution in [2.24, 2.45) is 5.92 Å². The maximum Gasteiger partial charge on any atom is 0.311 e. The molecule has 7 heteroatoms. The molecule has 2 atom stereocenters. The number of nitrogens with zero attached hydrogens (tertiary/aromatic N) is 1. The summed E-state index contributed by atoms with van der Waals surface area (Å²) >= 11 is 0. The van der Waals surface area contributed by atoms with Gasteiger partial charge in [-0.1, -0.05) is 36.4 Å². The van der Waals surface area contributed by atoms with Crippen molar-refractivity contribution in [3.8, 4) is 5.75 Å². The summed E-state index contributed by atoms with van der Waals surface area (Å²) < 4.78 is 10.2. The van der Waals surface area contributed by atoms with Crippen molar-refractivity contribution in [3.05, 3.63) is 60.2 Å². The number of likely N-dealkylation sites (tertiary alicyclic amines) is 1. The third-order valence-corrected chi connectivity index (χ3v) is 4.94. The molecule has 7 nitrogen and oxygen atoms in total. The van der Waals surface area contributed by atoms with Crippen LogP contribution in [-0.4, -0.2) is 42.9 Å². The van der Waals surface area contributed by atoms with Crippen LogP contribution < -0.4 is 10.1 Å². The fourth-order valence-corrected chi connectivity index (χ4v) is 3.33. The van der Waals surface area contributed by atoms with Crippen LogP contribution in [-0.2, 0) is 19.1 Å². The molecule has 1 saturated heterocycles. The van der Waals surface area contributed by atoms with E-state index in [-0.39, 0.29) is 24.9 Å². The average Bonchev–Trinajstić information content (AvgIpc) is 3.14. The van der Waals surface area contributed by atoms with Gasteiger partial charge in [0.2, 0.25) is 5.91 Å². The van der Waals surface area contributed by atoms with Gasteiger partial charge in [0.15, 0.2) is 6.61 Å². The molecule has 0 radical (unpaired) electrons. The predicted octanol–water partition coefficient (Wildman–Crippen LogP) is 2.79. The van der Waals surface area contributed by atoms with Gasteiger partial charge in [-0.15, -0.1) is 0 Å². The maximum atomic E-state index is 12.4. The predicted molar refractivity (Wildman–Crippen MR) is 107 cm³/mol. The molecule has 152 valence electrons. The van der Waals surface area contributed by atoms with Crippen LogP contribution in [0.3, 0.4) is 0 Å². The van der Waals surface area contributed by atoms with Gasteiger partial charge in [0.05, 0.1) is 19.1 Å². The Morgan fingerprint density at radius 2 is 1.93 bits per heavy atom. The van der Waals surface area contributed by atoms with Crippen molar-refractivity contribution in [3.63, 3.8) is 0 Å². The first-order chi connectivity index (χ1) is 14.0. The van der Waals surface area contributed by atoms with E-state index in [9.17, 15) is 14.4 Å². The molecule has 2 aromatic carbocycles. The van der Waals surface area contributed by atoms with Gasteiger partial charge >= 0.3 is 5.97 Å². The van der Waals surface area contributed by atoms with Crippen LogP contribution in [0, 0.1) is 5.92 Å². The summed E-state index contributed by atoms with van der Waals surface area (Å²) in [5.74, 6) is -1.05. The van der Waals surface area contributed by atoms with Crippen LogP contribution in [0.25, 0.3) is 0 Å². The van der Waals surface area contributed by atoms with Gasteiger partial charge < -0.3 is 19.7 Å². The van der Waals surface area contributed by atoms with Gasteiger partial charge in [0.1, 0.15) is 5.75 Å². The number of hydrogen-bond donors (Lipinski definition) is 1. The van der Waals surface area contributed by atoms with Crippen molar-refractivity contribution in [1.82, 2.24) is 4.90 Å². The van der Waals surface area contributed by atoms with E-state index in [4.69, 9.17) is 9.47 Å². The first-order valence-corrected chi connectivity index (χ1v) is 9.43. The highest BCUT2D eigenvalue weighted by atomic mass is 16.5. The summed E-state index contributed by atoms with van der Waals surface area (Å²) in [4.78, 5) is 38.4. The molecule has 1 aliphatic rings. The van der Waals surface area contributed by atoms with Gasteiger partial charge in [0.25, 0.3) is 5.91 Å². The number of benzene rings is 2. The highest BCUT2D eigenvalue weighted by Crippen LogP contribution is 2.29. The third-order valence-electron chi connectivity index (χ3n) is 4.94. The second-order valence-electron chi connectivity index (χ2n) is 6.92. The number of nitrogens with one attached hydrogen (secondary N) is 1. The minimum Gasteiger partial charge on any atom is -0.497 e. The molecule has 0 saturated carbocycles. The molecular weight excluding hydrogens is 372 g/mol. The fourth-order valence-electron chi connectivity index (χ4n) is 3.33. The van der Waals surface area contributed by atoms with Crippen molar-refractivity contribution in [1.29, 1.82) is 0 Å². The van der Waals surface area contributed by atoms with Crippen LogP contribution in [0.1, 0.15) is 24.9 Å². The number of amides is 2. The molecule has 29 heavy (non-hydrogen) atoms. The lowest BCUT2D eigenvalue weighted by Crippen LogP contribution is -2.30. The maximum absolute atomic E-state index is 12.4. The molecule has 3 rings (SSSR count). The summed E-state index contributed by atoms with van der Waals surface area (Å²) in [5.41, 5.74) is 1.55. The first-order valence-electron chi connectivity index (χ1n) is 9.43. The second kappa shape index (κ2) is 9.23. The van der Waals surface area contributed by atoms with Gasteiger partial charge in [-0.05, 0) is 24.6 Å². The SMILES string of the molecule is COc1cccc(NC(=O)COC(=O)[C@@H]2CC(=O)N([C@@H](C)c3ccccc3)C2)c1. The first kappa shape index (κ1) is 20.4. The van der Waals surface area contributed by atoms with Crippen molar-refractivity contribution >= 4 is 23.5 Å². The Balaban J connectivity index is 1.50. The Labute approximate surface area is 169 Å². The van der Waals surface area contributed by atoms with E-state index >= 15 is 0 Å². The average molecular weight is 396 g/mol. The Kier molecular flexibility index (Phi) is 6.49. The van der Waals surface area contributed by atoms with Gasteiger partial charge in [-0.2, -0.15) is 0 Å². The van der Waals surface area contributed by atoms with Gasteiger partial charge in [-0.25, -0.2) is 0 Å². The zero-order valence-electron chi connectivity index (χ0n) is 16.5. The van der Waals surface area contributed by atoms with Gasteiger partial charge in [-0.3, -0.25) is 14.4 Å². The lowest BCUT2D eigenvalue weighted by atomic mass is 10.1. The summed E-state index contributed by atoms with van der Waals surface area (Å²) in [7, 11) is 1.54. The van der Waals surface area contributed by atoms with Crippen LogP contribution in [0.15, 0.2) is 54.6 Å². The van der Waals surface area contributed by atoms with Crippen molar-refractivity contribution in [2.45, 2.75) is 19.4 Å². The number of rotatable bonds is 7. The molecule has 1 aliphatic heterocycles. The summed E-state index contributed by atoms with van der Waals surface area (Å²) in [6.07, 6.45) is 0.0908. The molecular formula is C22H24N2O5. The number of ether oxygens (including phenoxy) is 2. The van der Waals surface area contributed by atoms with Crippen LogP contribution in [0.5, 0.6) is 5.75 Å². The van der Waals surface area contributed by atoms with E-state index in [0.29, 0.717) is 11.4 Å². The quantitative estimate of drug-likeness (QED) is 0.728. The molecule has 1 heterocycles. The van der Waals surface area contributed by atoms with Crippen molar-refractivity contribution < 1.29 is 23.9 Å². The number of esters is 1. The van der Waals surface area contributed by atoms with E-state index in [1.54, 1.807) is 29.2 Å². The molecule has 1 N–H and O–H groups in total. The van der Waals surface area contributed by atoms with E-state index in [1.807, 2.05) is 37.3 Å². The molecule has 0 unspecified atom stereocenters. The number of methoxy groups -OCH3 is 1. The van der Waals surface area contributed by atoms with Crippen molar-refractivity contribution in [2.75, 3.05) is 25.6 Å². The Morgan fingerprint density at radius 1 is 1.17 bits per heavy atom. The molecule has 2 amide bonds. The fraction of sp³-hybridized carbons (Fsp3) is 0.318. The van der Waals surface area contributed by atoms with E-state index in [0.717, 1.165) is 5.56 Å². The van der Waals surface area contributed by atoms with E-state index in [1.165, 1.54) is 7.11 Å². The second-order valence-corrected chi connectivity index (χ2v) is 6.92. The number of carbonyl (C=O) groups excluding carboxylic acids is 3. The zero-order chi connectivity index (χ0) is 20.8. The topological polar surface area (TPSA) is 84.9 Å². The van der Waals surface area contributed by atoms with Gasteiger partial charge in [0, 0.05) is 24.7 Å². The summed E-state index contributed by atoms with van der Waals surface area (Å²) in [5, 5.41) is 2.65. The lowest BCUT2D eigenvalue weighted by molar-refractivity contribution is -0.151. The minimum absolute atomic E-state index is 0.0908. The Morgan fingerprint density at radius 3 is 2.66 bits per heavy atom. The number of carbonyl (C=O) groups is 3. The smallest absolute Gasteiger partial charge is 0.311 e. The highest BCUT2D eigenvalue weighted by Gasteiger charge is 2.38. The Hall–Kier alpha value is -3.35. The molecule has 2 aromatic rings. The summed E-state index contributed by atoms with van der Waals surface area (Å²) in [6, 6.07) is 16.4. The van der Waals surface area contributed by atoms with E-state index in [2.05, 4.69) is 5.32 Å². The molecule has 0 bridgehead atoms.